The fraction of sp³-hybridized carbons (Fsp3) is 0.364. The number of nitrogens with one attached hydrogen (secondary N) is 1. The van der Waals surface area contributed by atoms with Gasteiger partial charge >= 0.3 is 0 Å². The van der Waals surface area contributed by atoms with Gasteiger partial charge in [-0.15, -0.1) is 11.8 Å². The van der Waals surface area contributed by atoms with Crippen molar-refractivity contribution in [1.82, 2.24) is 5.32 Å². The Balaban J connectivity index is 2.09. The Bertz CT molecular complexity index is 563. The lowest BCUT2D eigenvalue weighted by molar-refractivity contribution is 0.259. The van der Waals surface area contributed by atoms with Crippen molar-refractivity contribution in [3.8, 4) is 6.07 Å². The molecule has 0 amide bonds. The van der Waals surface area contributed by atoms with E-state index in [1.807, 2.05) is 13.0 Å². The molecule has 0 aliphatic carbocycles. The van der Waals surface area contributed by atoms with Gasteiger partial charge in [0, 0.05) is 5.75 Å². The van der Waals surface area contributed by atoms with E-state index in [-0.39, 0.29) is 10.9 Å². The van der Waals surface area contributed by atoms with Gasteiger partial charge < -0.3 is 0 Å². The van der Waals surface area contributed by atoms with Crippen molar-refractivity contribution in [2.24, 2.45) is 0 Å². The summed E-state index contributed by atoms with van der Waals surface area (Å²) in [5, 5.41) is 11.5. The van der Waals surface area contributed by atoms with Crippen molar-refractivity contribution >= 4 is 21.9 Å². The third-order valence-corrected chi connectivity index (χ3v) is 4.91. The van der Waals surface area contributed by atoms with Crippen LogP contribution in [0.25, 0.3) is 0 Å². The van der Waals surface area contributed by atoms with E-state index in [0.29, 0.717) is 5.75 Å². The minimum Gasteiger partial charge on any atom is -0.266 e. The zero-order valence-corrected chi connectivity index (χ0v) is 11.3. The summed E-state index contributed by atoms with van der Waals surface area (Å²) >= 11 is 1.26. The molecule has 0 spiro atoms. The Kier molecular flexibility index (Phi) is 3.92. The maximum absolute atomic E-state index is 11.9. The third kappa shape index (κ3) is 3.03. The molecule has 0 saturated carbocycles. The average Bonchev–Trinajstić information content (AvgIpc) is 2.76. The predicted molar refractivity (Wildman–Crippen MR) is 68.2 cm³/mol. The van der Waals surface area contributed by atoms with Crippen LogP contribution in [0.2, 0.25) is 0 Å². The van der Waals surface area contributed by atoms with E-state index >= 15 is 0 Å². The highest BCUT2D eigenvalue weighted by molar-refractivity contribution is 8.00. The van der Waals surface area contributed by atoms with Crippen LogP contribution in [0.3, 0.4) is 0 Å². The molecule has 1 aliphatic heterocycles. The van der Waals surface area contributed by atoms with Crippen molar-refractivity contribution in [1.29, 1.82) is 5.26 Å². The molecule has 18 heavy (non-hydrogen) atoms. The number of thioether (sulfide) groups is 1. The normalized spacial score (nSPS) is 23.8. The maximum Gasteiger partial charge on any atom is 0.299 e. The number of aryl methyl sites for hydroxylation is 1. The lowest BCUT2D eigenvalue weighted by atomic mass is 10.2. The van der Waals surface area contributed by atoms with E-state index in [1.165, 1.54) is 23.9 Å². The van der Waals surface area contributed by atoms with Crippen LogP contribution < -0.4 is 5.32 Å². The molecule has 5 nitrogen and oxygen atoms in total. The standard InChI is InChI=1S/C11H12N2O3S2/c1-8-2-4-10(5-3-8)18(14,15)16-11-13-9(6-12)7-17-11/h2-5,9,11,13H,7H2,1H3. The topological polar surface area (TPSA) is 79.2 Å². The predicted octanol–water partition coefficient (Wildman–Crippen LogP) is 1.21. The second-order valence-electron chi connectivity index (χ2n) is 3.88. The van der Waals surface area contributed by atoms with Crippen molar-refractivity contribution in [3.05, 3.63) is 29.8 Å². The average molecular weight is 284 g/mol. The van der Waals surface area contributed by atoms with Crippen LogP contribution in [-0.2, 0) is 14.3 Å². The molecule has 0 aromatic heterocycles. The van der Waals surface area contributed by atoms with Gasteiger partial charge in [0.15, 0.2) is 5.56 Å². The molecule has 0 radical (unpaired) electrons. The fourth-order valence-corrected chi connectivity index (χ4v) is 3.65. The number of hydrogen-bond donors (Lipinski definition) is 1. The number of benzene rings is 1. The van der Waals surface area contributed by atoms with E-state index in [4.69, 9.17) is 9.44 Å². The Morgan fingerprint density at radius 3 is 2.67 bits per heavy atom. The van der Waals surface area contributed by atoms with E-state index in [0.717, 1.165) is 5.56 Å². The highest BCUT2D eigenvalue weighted by Gasteiger charge is 2.29. The van der Waals surface area contributed by atoms with Crippen LogP contribution in [0.1, 0.15) is 5.56 Å². The van der Waals surface area contributed by atoms with Crippen LogP contribution in [0.15, 0.2) is 29.2 Å². The molecule has 1 aromatic carbocycles. The van der Waals surface area contributed by atoms with Crippen LogP contribution in [0, 0.1) is 18.3 Å². The molecule has 1 N–H and O–H groups in total. The van der Waals surface area contributed by atoms with Crippen molar-refractivity contribution in [2.45, 2.75) is 23.4 Å². The molecule has 2 rings (SSSR count). The highest BCUT2D eigenvalue weighted by Crippen LogP contribution is 2.24. The summed E-state index contributed by atoms with van der Waals surface area (Å²) in [6.07, 6.45) is 0. The SMILES string of the molecule is Cc1ccc(S(=O)(=O)OC2NC(C#N)CS2)cc1. The zero-order chi connectivity index (χ0) is 13.2. The van der Waals surface area contributed by atoms with Gasteiger partial charge in [-0.2, -0.15) is 13.7 Å². The number of rotatable bonds is 3. The van der Waals surface area contributed by atoms with Crippen molar-refractivity contribution in [3.63, 3.8) is 0 Å². The number of nitriles is 1. The van der Waals surface area contributed by atoms with Gasteiger partial charge in [-0.05, 0) is 19.1 Å². The molecule has 1 heterocycles. The molecular formula is C11H12N2O3S2. The van der Waals surface area contributed by atoms with Gasteiger partial charge in [-0.25, -0.2) is 4.18 Å². The highest BCUT2D eigenvalue weighted by atomic mass is 32.2. The largest absolute Gasteiger partial charge is 0.299 e. The lowest BCUT2D eigenvalue weighted by Gasteiger charge is -2.11. The van der Waals surface area contributed by atoms with Crippen LogP contribution in [0.5, 0.6) is 0 Å². The van der Waals surface area contributed by atoms with E-state index in [9.17, 15) is 8.42 Å². The Morgan fingerprint density at radius 2 is 2.11 bits per heavy atom. The molecule has 96 valence electrons. The maximum atomic E-state index is 11.9. The van der Waals surface area contributed by atoms with Gasteiger partial charge in [0.05, 0.1) is 11.0 Å². The molecule has 7 heteroatoms. The summed E-state index contributed by atoms with van der Waals surface area (Å²) in [7, 11) is -3.78. The summed E-state index contributed by atoms with van der Waals surface area (Å²) < 4.78 is 28.9. The van der Waals surface area contributed by atoms with Gasteiger partial charge in [-0.1, -0.05) is 17.7 Å². The van der Waals surface area contributed by atoms with Crippen molar-refractivity contribution < 1.29 is 12.6 Å². The molecule has 1 saturated heterocycles. The molecular weight excluding hydrogens is 272 g/mol. The Morgan fingerprint density at radius 1 is 1.44 bits per heavy atom. The van der Waals surface area contributed by atoms with Gasteiger partial charge in [0.2, 0.25) is 0 Å². The van der Waals surface area contributed by atoms with E-state index in [1.54, 1.807) is 12.1 Å². The summed E-state index contributed by atoms with van der Waals surface area (Å²) in [5.41, 5.74) is 0.285. The second-order valence-corrected chi connectivity index (χ2v) is 6.54. The first-order valence-corrected chi connectivity index (χ1v) is 7.74. The first-order chi connectivity index (χ1) is 8.51. The number of hydrogen-bond acceptors (Lipinski definition) is 6. The Labute approximate surface area is 110 Å². The van der Waals surface area contributed by atoms with Crippen LogP contribution in [-0.4, -0.2) is 25.8 Å². The van der Waals surface area contributed by atoms with Gasteiger partial charge in [-0.3, -0.25) is 5.32 Å². The molecule has 2 atom stereocenters. The van der Waals surface area contributed by atoms with Crippen LogP contribution >= 0.6 is 11.8 Å². The first kappa shape index (κ1) is 13.4. The van der Waals surface area contributed by atoms with E-state index < -0.39 is 15.7 Å². The smallest absolute Gasteiger partial charge is 0.266 e. The van der Waals surface area contributed by atoms with Gasteiger partial charge in [0.1, 0.15) is 6.04 Å². The third-order valence-electron chi connectivity index (χ3n) is 2.43. The quantitative estimate of drug-likeness (QED) is 0.841. The molecule has 1 aromatic rings. The fourth-order valence-electron chi connectivity index (χ4n) is 1.45. The summed E-state index contributed by atoms with van der Waals surface area (Å²) in [6.45, 7) is 1.88. The molecule has 2 unspecified atom stereocenters. The number of nitrogens with zero attached hydrogens (tertiary/aromatic N) is 1. The lowest BCUT2D eigenvalue weighted by Crippen LogP contribution is -2.31. The first-order valence-electron chi connectivity index (χ1n) is 5.28. The minimum atomic E-state index is -3.78. The second kappa shape index (κ2) is 5.28. The summed E-state index contributed by atoms with van der Waals surface area (Å²) in [4.78, 5) is 0.121. The molecule has 0 bridgehead atoms. The summed E-state index contributed by atoms with van der Waals surface area (Å²) in [5.74, 6) is 0.518. The minimum absolute atomic E-state index is 0.121. The van der Waals surface area contributed by atoms with Crippen LogP contribution in [0.4, 0.5) is 0 Å². The summed E-state index contributed by atoms with van der Waals surface area (Å²) in [6, 6.07) is 8.09. The Hall–Kier alpha value is -1.07. The molecule has 1 fully saturated rings. The monoisotopic (exact) mass is 284 g/mol. The van der Waals surface area contributed by atoms with E-state index in [2.05, 4.69) is 5.32 Å². The van der Waals surface area contributed by atoms with Crippen molar-refractivity contribution in [2.75, 3.05) is 5.75 Å². The molecule has 1 aliphatic rings. The zero-order valence-electron chi connectivity index (χ0n) is 9.66. The van der Waals surface area contributed by atoms with Gasteiger partial charge in [0.25, 0.3) is 10.1 Å².